The second kappa shape index (κ2) is 3.69. The van der Waals surface area contributed by atoms with Crippen LogP contribution in [0, 0.1) is 11.8 Å². The third kappa shape index (κ3) is 2.36. The maximum absolute atomic E-state index is 2.39. The summed E-state index contributed by atoms with van der Waals surface area (Å²) in [7, 11) is 0. The molecule has 1 aliphatic rings. The van der Waals surface area contributed by atoms with Gasteiger partial charge in [0.2, 0.25) is 0 Å². The van der Waals surface area contributed by atoms with E-state index >= 15 is 0 Å². The molecule has 0 spiro atoms. The molecule has 0 aromatic carbocycles. The van der Waals surface area contributed by atoms with Gasteiger partial charge in [-0.25, -0.2) is 0 Å². The van der Waals surface area contributed by atoms with Gasteiger partial charge in [0.15, 0.2) is 0 Å². The molecule has 1 fully saturated rings. The molecular weight excluding hydrogens is 103 g/mol. The van der Waals surface area contributed by atoms with Crippen molar-refractivity contribution in [2.45, 2.75) is 37.7 Å². The fourth-order valence-electron chi connectivity index (χ4n) is 1.93. The van der Waals surface area contributed by atoms with Gasteiger partial charge in [0.1, 0.15) is 0 Å². The Morgan fingerprint density at radius 1 is 1.44 bits per heavy atom. The maximum atomic E-state index is 2.39. The Kier molecular flexibility index (Phi) is 3.16. The van der Waals surface area contributed by atoms with Gasteiger partial charge < -0.3 is 0 Å². The fourth-order valence-corrected chi connectivity index (χ4v) is 1.93. The molecule has 0 amide bonds. The molecule has 0 bridgehead atoms. The molecule has 2 unspecified atom stereocenters. The van der Waals surface area contributed by atoms with E-state index in [1.165, 1.54) is 30.8 Å². The van der Waals surface area contributed by atoms with Crippen molar-refractivity contribution in [2.75, 3.05) is 0 Å². The molecule has 0 nitrogen and oxygen atoms in total. The van der Waals surface area contributed by atoms with Crippen molar-refractivity contribution in [3.05, 3.63) is 0 Å². The van der Waals surface area contributed by atoms with Crippen LogP contribution in [0.25, 0.3) is 0 Å². The SMILES string of the molecule is [Li][CH2]C1CCCC(C)C1. The summed E-state index contributed by atoms with van der Waals surface area (Å²) in [5.74, 6) is 2.08. The van der Waals surface area contributed by atoms with E-state index in [0.717, 1.165) is 11.8 Å². The molecule has 0 saturated heterocycles. The van der Waals surface area contributed by atoms with Crippen LogP contribution in [0.5, 0.6) is 0 Å². The first-order valence-electron chi connectivity index (χ1n) is 4.33. The molecule has 9 heavy (non-hydrogen) atoms. The Hall–Kier alpha value is 0.597. The van der Waals surface area contributed by atoms with Crippen LogP contribution < -0.4 is 0 Å². The monoisotopic (exact) mass is 118 g/mol. The van der Waals surface area contributed by atoms with Crippen molar-refractivity contribution in [2.24, 2.45) is 11.8 Å². The van der Waals surface area contributed by atoms with Crippen molar-refractivity contribution < 1.29 is 0 Å². The second-order valence-electron chi connectivity index (χ2n) is 3.55. The first-order valence-corrected chi connectivity index (χ1v) is 4.33. The van der Waals surface area contributed by atoms with Gasteiger partial charge in [-0.3, -0.25) is 0 Å². The van der Waals surface area contributed by atoms with Crippen LogP contribution in [-0.4, -0.2) is 17.7 Å². The summed E-state index contributed by atoms with van der Waals surface area (Å²) in [6.45, 7) is 2.39. The zero-order valence-electron chi connectivity index (χ0n) is 6.69. The third-order valence-electron chi connectivity index (χ3n) is 2.62. The van der Waals surface area contributed by atoms with E-state index in [4.69, 9.17) is 0 Å². The predicted octanol–water partition coefficient (Wildman–Crippen LogP) is 2.40. The van der Waals surface area contributed by atoms with Crippen LogP contribution in [0.1, 0.15) is 32.6 Å². The Bertz CT molecular complexity index is 80.6. The summed E-state index contributed by atoms with van der Waals surface area (Å²) in [5, 5.41) is 1.41. The summed E-state index contributed by atoms with van der Waals surface area (Å²) in [6.07, 6.45) is 5.97. The van der Waals surface area contributed by atoms with Gasteiger partial charge in [-0.05, 0) is 0 Å². The Balaban J connectivity index is 2.23. The Morgan fingerprint density at radius 2 is 2.22 bits per heavy atom. The summed E-state index contributed by atoms with van der Waals surface area (Å²) >= 11 is 2.32. The summed E-state index contributed by atoms with van der Waals surface area (Å²) in [5.41, 5.74) is 0. The number of hydrogen-bond donors (Lipinski definition) is 0. The van der Waals surface area contributed by atoms with Crippen molar-refractivity contribution in [1.82, 2.24) is 0 Å². The molecule has 0 aromatic heterocycles. The van der Waals surface area contributed by atoms with Gasteiger partial charge in [-0.15, -0.1) is 0 Å². The fraction of sp³-hybridized carbons (Fsp3) is 1.00. The topological polar surface area (TPSA) is 0 Å². The summed E-state index contributed by atoms with van der Waals surface area (Å²) in [4.78, 5) is 0. The molecule has 1 rings (SSSR count). The average molecular weight is 118 g/mol. The number of rotatable bonds is 1. The van der Waals surface area contributed by atoms with E-state index < -0.39 is 0 Å². The van der Waals surface area contributed by atoms with E-state index in [-0.39, 0.29) is 0 Å². The Labute approximate surface area is 67.6 Å². The van der Waals surface area contributed by atoms with Gasteiger partial charge in [-0.2, -0.15) is 0 Å². The van der Waals surface area contributed by atoms with Gasteiger partial charge in [-0.1, -0.05) is 0 Å². The number of hydrogen-bond acceptors (Lipinski definition) is 0. The standard InChI is InChI=1S/C8H15.Li/c1-7-4-3-5-8(2)6-7;/h7-8H,1,3-6H2,2H3;. The van der Waals surface area contributed by atoms with E-state index in [0.29, 0.717) is 0 Å². The van der Waals surface area contributed by atoms with E-state index in [9.17, 15) is 0 Å². The van der Waals surface area contributed by atoms with Gasteiger partial charge in [0, 0.05) is 0 Å². The van der Waals surface area contributed by atoms with E-state index in [1.807, 2.05) is 0 Å². The molecule has 1 saturated carbocycles. The van der Waals surface area contributed by atoms with Crippen molar-refractivity contribution in [1.29, 1.82) is 0 Å². The Morgan fingerprint density at radius 3 is 2.67 bits per heavy atom. The molecule has 0 heterocycles. The van der Waals surface area contributed by atoms with Crippen LogP contribution in [0.15, 0.2) is 0 Å². The van der Waals surface area contributed by atoms with Crippen LogP contribution in [0.3, 0.4) is 0 Å². The minimum absolute atomic E-state index is 1.02. The third-order valence-corrected chi connectivity index (χ3v) is 2.62. The second-order valence-corrected chi connectivity index (χ2v) is 3.55. The van der Waals surface area contributed by atoms with Crippen molar-refractivity contribution in [3.63, 3.8) is 0 Å². The van der Waals surface area contributed by atoms with Gasteiger partial charge in [0.05, 0.1) is 0 Å². The first-order chi connectivity index (χ1) is 4.33. The predicted molar refractivity (Wildman–Crippen MR) is 41.7 cm³/mol. The van der Waals surface area contributed by atoms with Crippen LogP contribution >= 0.6 is 0 Å². The molecule has 0 aliphatic heterocycles. The molecule has 2 atom stereocenters. The average Bonchev–Trinajstić information content (AvgIpc) is 1.88. The molecular formula is C8H15Li. The van der Waals surface area contributed by atoms with Crippen LogP contribution in [0.2, 0.25) is 5.09 Å². The zero-order chi connectivity index (χ0) is 6.69. The van der Waals surface area contributed by atoms with Crippen molar-refractivity contribution in [3.8, 4) is 0 Å². The summed E-state index contributed by atoms with van der Waals surface area (Å²) in [6, 6.07) is 0. The molecule has 0 radical (unpaired) electrons. The quantitative estimate of drug-likeness (QED) is 0.464. The molecule has 1 heteroatoms. The molecule has 48 valence electrons. The van der Waals surface area contributed by atoms with Crippen molar-refractivity contribution >= 4 is 17.7 Å². The summed E-state index contributed by atoms with van der Waals surface area (Å²) < 4.78 is 0. The van der Waals surface area contributed by atoms with Gasteiger partial charge in [0.25, 0.3) is 0 Å². The van der Waals surface area contributed by atoms with Crippen LogP contribution in [0.4, 0.5) is 0 Å². The van der Waals surface area contributed by atoms with E-state index in [2.05, 4.69) is 24.6 Å². The normalized spacial score (nSPS) is 36.8. The zero-order valence-corrected chi connectivity index (χ0v) is 6.69. The van der Waals surface area contributed by atoms with Gasteiger partial charge >= 0.3 is 67.3 Å². The van der Waals surface area contributed by atoms with E-state index in [1.54, 1.807) is 0 Å². The van der Waals surface area contributed by atoms with Crippen LogP contribution in [-0.2, 0) is 0 Å². The minimum atomic E-state index is 1.02. The molecule has 0 aromatic rings. The first kappa shape index (κ1) is 7.70. The molecule has 0 N–H and O–H groups in total. The molecule has 1 aliphatic carbocycles.